The Hall–Kier alpha value is -0.870. The SMILES string of the molecule is CCC1CNC2(CCCC2)CN1c1c(F)cc(F)cc1Cl. The Morgan fingerprint density at radius 3 is 2.67 bits per heavy atom. The van der Waals surface area contributed by atoms with E-state index in [0.717, 1.165) is 38.4 Å². The molecule has 2 fully saturated rings. The molecular formula is C16H21ClF2N2. The van der Waals surface area contributed by atoms with Crippen molar-refractivity contribution in [2.24, 2.45) is 0 Å². The van der Waals surface area contributed by atoms with E-state index < -0.39 is 11.6 Å². The van der Waals surface area contributed by atoms with Crippen LogP contribution in [0.15, 0.2) is 12.1 Å². The molecule has 1 aliphatic heterocycles. The number of halogens is 3. The first kappa shape index (κ1) is 15.0. The predicted octanol–water partition coefficient (Wildman–Crippen LogP) is 4.12. The predicted molar refractivity (Wildman–Crippen MR) is 82.0 cm³/mol. The highest BCUT2D eigenvalue weighted by atomic mass is 35.5. The van der Waals surface area contributed by atoms with Crippen LogP contribution in [0, 0.1) is 11.6 Å². The third-order valence-corrected chi connectivity index (χ3v) is 5.22. The maximum Gasteiger partial charge on any atom is 0.150 e. The van der Waals surface area contributed by atoms with E-state index in [1.165, 1.54) is 18.9 Å². The molecule has 1 atom stereocenters. The van der Waals surface area contributed by atoms with Crippen LogP contribution in [0.3, 0.4) is 0 Å². The van der Waals surface area contributed by atoms with E-state index in [0.29, 0.717) is 5.69 Å². The van der Waals surface area contributed by atoms with Gasteiger partial charge in [0.15, 0.2) is 5.82 Å². The van der Waals surface area contributed by atoms with Gasteiger partial charge in [-0.3, -0.25) is 0 Å². The molecule has 1 aromatic carbocycles. The zero-order chi connectivity index (χ0) is 15.0. The fraction of sp³-hybridized carbons (Fsp3) is 0.625. The lowest BCUT2D eigenvalue weighted by molar-refractivity contribution is 0.266. The molecule has 1 spiro atoms. The summed E-state index contributed by atoms with van der Waals surface area (Å²) < 4.78 is 27.6. The van der Waals surface area contributed by atoms with Gasteiger partial charge in [-0.05, 0) is 25.3 Å². The fourth-order valence-corrected chi connectivity index (χ4v) is 4.08. The van der Waals surface area contributed by atoms with Gasteiger partial charge in [-0.2, -0.15) is 0 Å². The molecule has 0 aromatic heterocycles. The summed E-state index contributed by atoms with van der Waals surface area (Å²) in [6, 6.07) is 2.32. The molecule has 3 rings (SSSR count). The summed E-state index contributed by atoms with van der Waals surface area (Å²) in [7, 11) is 0. The summed E-state index contributed by atoms with van der Waals surface area (Å²) in [6.45, 7) is 3.65. The molecule has 0 radical (unpaired) electrons. The van der Waals surface area contributed by atoms with Gasteiger partial charge in [-0.15, -0.1) is 0 Å². The van der Waals surface area contributed by atoms with Crippen LogP contribution in [0.4, 0.5) is 14.5 Å². The van der Waals surface area contributed by atoms with Gasteiger partial charge in [-0.25, -0.2) is 8.78 Å². The lowest BCUT2D eigenvalue weighted by Crippen LogP contribution is -2.63. The minimum atomic E-state index is -0.625. The smallest absolute Gasteiger partial charge is 0.150 e. The topological polar surface area (TPSA) is 15.3 Å². The summed E-state index contributed by atoms with van der Waals surface area (Å²) in [5.41, 5.74) is 0.424. The van der Waals surface area contributed by atoms with Gasteiger partial charge in [0.25, 0.3) is 0 Å². The van der Waals surface area contributed by atoms with Gasteiger partial charge in [0, 0.05) is 30.7 Å². The van der Waals surface area contributed by atoms with Crippen LogP contribution in [-0.2, 0) is 0 Å². The Morgan fingerprint density at radius 2 is 2.05 bits per heavy atom. The number of rotatable bonds is 2. The Kier molecular flexibility index (Phi) is 4.10. The van der Waals surface area contributed by atoms with Crippen molar-refractivity contribution < 1.29 is 8.78 Å². The second kappa shape index (κ2) is 5.73. The van der Waals surface area contributed by atoms with Gasteiger partial charge < -0.3 is 10.2 Å². The van der Waals surface area contributed by atoms with Crippen molar-refractivity contribution in [3.05, 3.63) is 28.8 Å². The van der Waals surface area contributed by atoms with Crippen molar-refractivity contribution in [2.45, 2.75) is 50.6 Å². The molecule has 116 valence electrons. The number of hydrogen-bond donors (Lipinski definition) is 1. The monoisotopic (exact) mass is 314 g/mol. The first-order chi connectivity index (χ1) is 10.0. The van der Waals surface area contributed by atoms with Gasteiger partial charge in [-0.1, -0.05) is 31.4 Å². The average Bonchev–Trinajstić information content (AvgIpc) is 2.86. The molecule has 0 bridgehead atoms. The van der Waals surface area contributed by atoms with Crippen molar-refractivity contribution >= 4 is 17.3 Å². The van der Waals surface area contributed by atoms with Crippen LogP contribution >= 0.6 is 11.6 Å². The number of nitrogens with one attached hydrogen (secondary N) is 1. The van der Waals surface area contributed by atoms with E-state index in [1.807, 2.05) is 0 Å². The summed E-state index contributed by atoms with van der Waals surface area (Å²) in [6.07, 6.45) is 5.53. The fourth-order valence-electron chi connectivity index (χ4n) is 3.78. The molecule has 5 heteroatoms. The second-order valence-electron chi connectivity index (χ2n) is 6.28. The Morgan fingerprint density at radius 1 is 1.33 bits per heavy atom. The minimum Gasteiger partial charge on any atom is -0.362 e. The van der Waals surface area contributed by atoms with E-state index in [2.05, 4.69) is 17.1 Å². The molecule has 21 heavy (non-hydrogen) atoms. The molecule has 2 nitrogen and oxygen atoms in total. The average molecular weight is 315 g/mol. The quantitative estimate of drug-likeness (QED) is 0.883. The molecule has 0 amide bonds. The van der Waals surface area contributed by atoms with E-state index in [1.54, 1.807) is 0 Å². The van der Waals surface area contributed by atoms with Crippen molar-refractivity contribution in [3.8, 4) is 0 Å². The first-order valence-electron chi connectivity index (χ1n) is 7.71. The zero-order valence-corrected chi connectivity index (χ0v) is 13.0. The van der Waals surface area contributed by atoms with Crippen LogP contribution in [0.2, 0.25) is 5.02 Å². The molecular weight excluding hydrogens is 294 g/mol. The number of anilines is 1. The van der Waals surface area contributed by atoms with Crippen LogP contribution in [0.5, 0.6) is 0 Å². The first-order valence-corrected chi connectivity index (χ1v) is 8.09. The highest BCUT2D eigenvalue weighted by molar-refractivity contribution is 6.33. The lowest BCUT2D eigenvalue weighted by Gasteiger charge is -2.47. The normalized spacial score (nSPS) is 24.8. The Balaban J connectivity index is 1.97. The van der Waals surface area contributed by atoms with Crippen molar-refractivity contribution in [3.63, 3.8) is 0 Å². The van der Waals surface area contributed by atoms with Gasteiger partial charge >= 0.3 is 0 Å². The van der Waals surface area contributed by atoms with Crippen LogP contribution in [-0.4, -0.2) is 24.7 Å². The molecule has 1 unspecified atom stereocenters. The Bertz CT molecular complexity index is 506. The van der Waals surface area contributed by atoms with Crippen molar-refractivity contribution in [2.75, 3.05) is 18.0 Å². The molecule has 1 aliphatic carbocycles. The van der Waals surface area contributed by atoms with Gasteiger partial charge in [0.1, 0.15) is 5.82 Å². The van der Waals surface area contributed by atoms with Crippen molar-refractivity contribution in [1.82, 2.24) is 5.32 Å². The zero-order valence-electron chi connectivity index (χ0n) is 12.3. The third-order valence-electron chi connectivity index (χ3n) is 4.93. The summed E-state index contributed by atoms with van der Waals surface area (Å²) in [5, 5.41) is 3.83. The molecule has 1 heterocycles. The standard InChI is InChI=1S/C16H21ClF2N2/c1-2-12-9-20-16(5-3-4-6-16)10-21(12)15-13(17)7-11(18)8-14(15)19/h7-8,12,20H,2-6,9-10H2,1H3. The Labute approximate surface area is 129 Å². The van der Waals surface area contributed by atoms with Crippen LogP contribution < -0.4 is 10.2 Å². The van der Waals surface area contributed by atoms with Crippen LogP contribution in [0.1, 0.15) is 39.0 Å². The maximum absolute atomic E-state index is 14.3. The highest BCUT2D eigenvalue weighted by Crippen LogP contribution is 2.39. The van der Waals surface area contributed by atoms with Gasteiger partial charge in [0.2, 0.25) is 0 Å². The van der Waals surface area contributed by atoms with Crippen molar-refractivity contribution in [1.29, 1.82) is 0 Å². The number of nitrogens with zero attached hydrogens (tertiary/aromatic N) is 1. The summed E-state index contributed by atoms with van der Waals surface area (Å²) in [5.74, 6) is -1.19. The second-order valence-corrected chi connectivity index (χ2v) is 6.68. The van der Waals surface area contributed by atoms with E-state index in [9.17, 15) is 8.78 Å². The number of benzene rings is 1. The third kappa shape index (κ3) is 2.76. The number of piperazine rings is 1. The van der Waals surface area contributed by atoms with E-state index in [-0.39, 0.29) is 16.6 Å². The summed E-state index contributed by atoms with van der Waals surface area (Å²) in [4.78, 5) is 2.05. The number of hydrogen-bond acceptors (Lipinski definition) is 2. The molecule has 1 aromatic rings. The van der Waals surface area contributed by atoms with E-state index in [4.69, 9.17) is 11.6 Å². The molecule has 1 saturated carbocycles. The molecule has 2 aliphatic rings. The minimum absolute atomic E-state index is 0.0653. The van der Waals surface area contributed by atoms with Gasteiger partial charge in [0.05, 0.1) is 10.7 Å². The largest absolute Gasteiger partial charge is 0.362 e. The maximum atomic E-state index is 14.3. The molecule has 1 saturated heterocycles. The van der Waals surface area contributed by atoms with E-state index >= 15 is 0 Å². The summed E-state index contributed by atoms with van der Waals surface area (Å²) >= 11 is 6.14. The molecule has 1 N–H and O–H groups in total. The van der Waals surface area contributed by atoms with Crippen LogP contribution in [0.25, 0.3) is 0 Å². The lowest BCUT2D eigenvalue weighted by atomic mass is 9.91. The highest BCUT2D eigenvalue weighted by Gasteiger charge is 2.41.